The molecule has 0 aliphatic rings. The summed E-state index contributed by atoms with van der Waals surface area (Å²) in [6.45, 7) is 8.06. The van der Waals surface area contributed by atoms with Crippen molar-refractivity contribution in [1.29, 1.82) is 0 Å². The van der Waals surface area contributed by atoms with Crippen LogP contribution in [0.3, 0.4) is 0 Å². The lowest BCUT2D eigenvalue weighted by Gasteiger charge is -2.17. The summed E-state index contributed by atoms with van der Waals surface area (Å²) in [7, 11) is 0. The highest BCUT2D eigenvalue weighted by atomic mass is 16.3. The fraction of sp³-hybridized carbons (Fsp3) is 0.200. The van der Waals surface area contributed by atoms with E-state index in [4.69, 9.17) is 0 Å². The maximum Gasteiger partial charge on any atom is 0.124 e. The van der Waals surface area contributed by atoms with Crippen LogP contribution >= 0.6 is 0 Å². The van der Waals surface area contributed by atoms with E-state index >= 15 is 0 Å². The van der Waals surface area contributed by atoms with E-state index in [1.165, 1.54) is 5.56 Å². The van der Waals surface area contributed by atoms with Gasteiger partial charge in [-0.3, -0.25) is 0 Å². The highest BCUT2D eigenvalue weighted by Gasteiger charge is 2.18. The Bertz CT molecular complexity index is 892. The zero-order valence-corrected chi connectivity index (χ0v) is 13.4. The first-order chi connectivity index (χ1) is 10.4. The summed E-state index contributed by atoms with van der Waals surface area (Å²) >= 11 is 0. The minimum atomic E-state index is 0.193. The van der Waals surface area contributed by atoms with Crippen LogP contribution in [0.15, 0.2) is 36.4 Å². The predicted octanol–water partition coefficient (Wildman–Crippen LogP) is 5.15. The lowest BCUT2D eigenvalue weighted by Crippen LogP contribution is -1.93. The van der Waals surface area contributed by atoms with Crippen molar-refractivity contribution in [3.05, 3.63) is 58.7 Å². The second-order valence-corrected chi connectivity index (χ2v) is 6.02. The normalized spacial score (nSPS) is 11.1. The monoisotopic (exact) mass is 292 g/mol. The van der Waals surface area contributed by atoms with Gasteiger partial charge in [0.1, 0.15) is 11.5 Å². The molecule has 0 atom stereocenters. The van der Waals surface area contributed by atoms with Crippen LogP contribution in [-0.2, 0) is 0 Å². The number of benzene rings is 3. The average Bonchev–Trinajstić information content (AvgIpc) is 2.47. The molecule has 0 amide bonds. The van der Waals surface area contributed by atoms with Crippen LogP contribution in [0, 0.1) is 27.7 Å². The van der Waals surface area contributed by atoms with Gasteiger partial charge in [-0.1, -0.05) is 29.8 Å². The molecule has 0 heterocycles. The molecule has 0 radical (unpaired) electrons. The number of phenolic OH excluding ortho intramolecular Hbond substituents is 2. The van der Waals surface area contributed by atoms with Crippen molar-refractivity contribution in [2.75, 3.05) is 0 Å². The van der Waals surface area contributed by atoms with Gasteiger partial charge in [0.05, 0.1) is 0 Å². The zero-order chi connectivity index (χ0) is 16.0. The molecule has 0 aliphatic carbocycles. The molecule has 0 unspecified atom stereocenters. The van der Waals surface area contributed by atoms with Crippen molar-refractivity contribution >= 4 is 10.8 Å². The Morgan fingerprint density at radius 3 is 2.14 bits per heavy atom. The minimum Gasteiger partial charge on any atom is -0.507 e. The van der Waals surface area contributed by atoms with Crippen LogP contribution in [0.5, 0.6) is 11.5 Å². The van der Waals surface area contributed by atoms with Crippen molar-refractivity contribution in [2.45, 2.75) is 27.7 Å². The van der Waals surface area contributed by atoms with Crippen molar-refractivity contribution in [3.63, 3.8) is 0 Å². The Hall–Kier alpha value is -2.48. The Balaban J connectivity index is 2.46. The third-order valence-corrected chi connectivity index (χ3v) is 4.54. The summed E-state index contributed by atoms with van der Waals surface area (Å²) in [5.41, 5.74) is 5.78. The SMILES string of the molecule is Cc1ccc2c(-c3c(O)cc(C)c(C)c3C)c(O)ccc2c1. The minimum absolute atomic E-state index is 0.193. The predicted molar refractivity (Wildman–Crippen MR) is 91.7 cm³/mol. The van der Waals surface area contributed by atoms with Gasteiger partial charge in [0.25, 0.3) is 0 Å². The molecule has 22 heavy (non-hydrogen) atoms. The van der Waals surface area contributed by atoms with Crippen molar-refractivity contribution in [2.24, 2.45) is 0 Å². The number of hydrogen-bond acceptors (Lipinski definition) is 2. The summed E-state index contributed by atoms with van der Waals surface area (Å²) in [4.78, 5) is 0. The third kappa shape index (κ3) is 2.12. The Labute approximate surface area is 130 Å². The zero-order valence-electron chi connectivity index (χ0n) is 13.4. The molecule has 3 aromatic carbocycles. The van der Waals surface area contributed by atoms with E-state index in [1.54, 1.807) is 12.1 Å². The molecule has 0 fully saturated rings. The third-order valence-electron chi connectivity index (χ3n) is 4.54. The van der Waals surface area contributed by atoms with Gasteiger partial charge in [0.2, 0.25) is 0 Å². The van der Waals surface area contributed by atoms with Gasteiger partial charge in [-0.15, -0.1) is 0 Å². The molecule has 2 N–H and O–H groups in total. The van der Waals surface area contributed by atoms with Crippen LogP contribution in [0.4, 0.5) is 0 Å². The molecule has 0 saturated heterocycles. The van der Waals surface area contributed by atoms with E-state index in [9.17, 15) is 10.2 Å². The fourth-order valence-electron chi connectivity index (χ4n) is 3.08. The largest absolute Gasteiger partial charge is 0.507 e. The first-order valence-corrected chi connectivity index (χ1v) is 7.42. The van der Waals surface area contributed by atoms with Crippen molar-refractivity contribution in [1.82, 2.24) is 0 Å². The van der Waals surface area contributed by atoms with Crippen LogP contribution in [0.2, 0.25) is 0 Å². The van der Waals surface area contributed by atoms with E-state index in [1.807, 2.05) is 45.9 Å². The molecule has 3 rings (SSSR count). The summed E-state index contributed by atoms with van der Waals surface area (Å²) in [5, 5.41) is 22.9. The van der Waals surface area contributed by atoms with Crippen LogP contribution < -0.4 is 0 Å². The summed E-state index contributed by atoms with van der Waals surface area (Å²) in [5.74, 6) is 0.405. The van der Waals surface area contributed by atoms with Gasteiger partial charge in [-0.05, 0) is 67.3 Å². The maximum atomic E-state index is 10.5. The standard InChI is InChI=1S/C20H20O2/c1-11-5-7-16-15(9-11)6-8-17(21)20(16)19-14(4)13(3)12(2)10-18(19)22/h5-10,21-22H,1-4H3. The lowest BCUT2D eigenvalue weighted by atomic mass is 9.89. The highest BCUT2D eigenvalue weighted by Crippen LogP contribution is 2.44. The number of aryl methyl sites for hydroxylation is 2. The van der Waals surface area contributed by atoms with Crippen LogP contribution in [0.1, 0.15) is 22.3 Å². The van der Waals surface area contributed by atoms with Crippen LogP contribution in [0.25, 0.3) is 21.9 Å². The molecule has 0 saturated carbocycles. The number of fused-ring (bicyclic) bond motifs is 1. The fourth-order valence-corrected chi connectivity index (χ4v) is 3.08. The van der Waals surface area contributed by atoms with E-state index in [0.29, 0.717) is 5.56 Å². The summed E-state index contributed by atoms with van der Waals surface area (Å²) in [6, 6.07) is 11.5. The van der Waals surface area contributed by atoms with Crippen LogP contribution in [-0.4, -0.2) is 10.2 Å². The number of hydrogen-bond donors (Lipinski definition) is 2. The summed E-state index contributed by atoms with van der Waals surface area (Å²) in [6.07, 6.45) is 0. The quantitative estimate of drug-likeness (QED) is 0.651. The van der Waals surface area contributed by atoms with Gasteiger partial charge in [-0.25, -0.2) is 0 Å². The van der Waals surface area contributed by atoms with Crippen molar-refractivity contribution in [3.8, 4) is 22.6 Å². The van der Waals surface area contributed by atoms with E-state index in [-0.39, 0.29) is 11.5 Å². The van der Waals surface area contributed by atoms with Gasteiger partial charge in [-0.2, -0.15) is 0 Å². The Morgan fingerprint density at radius 2 is 1.41 bits per heavy atom. The Morgan fingerprint density at radius 1 is 0.682 bits per heavy atom. The summed E-state index contributed by atoms with van der Waals surface area (Å²) < 4.78 is 0. The number of aromatic hydroxyl groups is 2. The smallest absolute Gasteiger partial charge is 0.124 e. The van der Waals surface area contributed by atoms with Crippen molar-refractivity contribution < 1.29 is 10.2 Å². The van der Waals surface area contributed by atoms with Gasteiger partial charge in [0, 0.05) is 11.1 Å². The first-order valence-electron chi connectivity index (χ1n) is 7.42. The van der Waals surface area contributed by atoms with E-state index < -0.39 is 0 Å². The molecular formula is C20H20O2. The maximum absolute atomic E-state index is 10.5. The second kappa shape index (κ2) is 5.06. The first kappa shape index (κ1) is 14.5. The molecule has 2 nitrogen and oxygen atoms in total. The lowest BCUT2D eigenvalue weighted by molar-refractivity contribution is 0.469. The van der Waals surface area contributed by atoms with E-state index in [0.717, 1.165) is 33.0 Å². The Kier molecular flexibility index (Phi) is 3.32. The molecule has 2 heteroatoms. The van der Waals surface area contributed by atoms with E-state index in [2.05, 4.69) is 6.07 Å². The van der Waals surface area contributed by atoms with Gasteiger partial charge in [0.15, 0.2) is 0 Å². The van der Waals surface area contributed by atoms with Gasteiger partial charge < -0.3 is 10.2 Å². The molecule has 0 aliphatic heterocycles. The molecule has 0 aromatic heterocycles. The average molecular weight is 292 g/mol. The molecule has 3 aromatic rings. The number of phenols is 2. The highest BCUT2D eigenvalue weighted by molar-refractivity contribution is 6.02. The molecular weight excluding hydrogens is 272 g/mol. The molecule has 112 valence electrons. The molecule has 0 bridgehead atoms. The topological polar surface area (TPSA) is 40.5 Å². The van der Waals surface area contributed by atoms with Gasteiger partial charge >= 0.3 is 0 Å². The molecule has 0 spiro atoms. The number of rotatable bonds is 1. The second-order valence-electron chi connectivity index (χ2n) is 6.02.